The fourth-order valence-electron chi connectivity index (χ4n) is 1.31. The van der Waals surface area contributed by atoms with Gasteiger partial charge in [-0.15, -0.1) is 0 Å². The van der Waals surface area contributed by atoms with Gasteiger partial charge in [-0.3, -0.25) is 0 Å². The molecule has 0 heterocycles. The highest BCUT2D eigenvalue weighted by atomic mass is 19.1. The van der Waals surface area contributed by atoms with E-state index in [1.807, 2.05) is 0 Å². The number of ether oxygens (including phenoxy) is 3. The van der Waals surface area contributed by atoms with Crippen LogP contribution in [0.15, 0.2) is 18.2 Å². The molecule has 0 amide bonds. The lowest BCUT2D eigenvalue weighted by atomic mass is 10.1. The van der Waals surface area contributed by atoms with Crippen molar-refractivity contribution < 1.29 is 18.6 Å². The normalized spacial score (nSPS) is 12.5. The number of nitrogens with two attached hydrogens (primary N) is 1. The predicted octanol–water partition coefficient (Wildman–Crippen LogP) is 1.84. The molecule has 0 fully saturated rings. The van der Waals surface area contributed by atoms with E-state index in [2.05, 4.69) is 0 Å². The van der Waals surface area contributed by atoms with E-state index in [9.17, 15) is 4.39 Å². The Morgan fingerprint density at radius 2 is 2.12 bits per heavy atom. The van der Waals surface area contributed by atoms with Crippen molar-refractivity contribution in [2.45, 2.75) is 13.0 Å². The summed E-state index contributed by atoms with van der Waals surface area (Å²) < 4.78 is 28.4. The lowest BCUT2D eigenvalue weighted by Gasteiger charge is -2.14. The van der Waals surface area contributed by atoms with Crippen LogP contribution in [0.4, 0.5) is 4.39 Å². The summed E-state index contributed by atoms with van der Waals surface area (Å²) in [5.41, 5.74) is 6.35. The summed E-state index contributed by atoms with van der Waals surface area (Å²) >= 11 is 0. The van der Waals surface area contributed by atoms with Gasteiger partial charge in [-0.1, -0.05) is 0 Å². The van der Waals surface area contributed by atoms with E-state index in [1.165, 1.54) is 12.1 Å². The second-order valence-corrected chi connectivity index (χ2v) is 3.63. The van der Waals surface area contributed by atoms with Gasteiger partial charge in [0.25, 0.3) is 0 Å². The highest BCUT2D eigenvalue weighted by Crippen LogP contribution is 2.24. The zero-order valence-electron chi connectivity index (χ0n) is 10.1. The fourth-order valence-corrected chi connectivity index (χ4v) is 1.31. The van der Waals surface area contributed by atoms with E-state index in [0.29, 0.717) is 24.5 Å². The van der Waals surface area contributed by atoms with Gasteiger partial charge >= 0.3 is 0 Å². The topological polar surface area (TPSA) is 53.7 Å². The molecule has 2 N–H and O–H groups in total. The molecule has 0 bridgehead atoms. The van der Waals surface area contributed by atoms with Crippen LogP contribution in [0, 0.1) is 5.82 Å². The first-order valence-corrected chi connectivity index (χ1v) is 5.39. The van der Waals surface area contributed by atoms with Crippen LogP contribution in [0.3, 0.4) is 0 Å². The van der Waals surface area contributed by atoms with Crippen LogP contribution < -0.4 is 10.5 Å². The Kier molecular flexibility index (Phi) is 5.90. The van der Waals surface area contributed by atoms with Gasteiger partial charge in [0.1, 0.15) is 11.6 Å². The maximum atomic E-state index is 13.0. The minimum atomic E-state index is -0.329. The van der Waals surface area contributed by atoms with E-state index in [1.54, 1.807) is 20.1 Å². The first-order valence-electron chi connectivity index (χ1n) is 5.39. The molecule has 96 valence electrons. The molecular weight excluding hydrogens is 225 g/mol. The summed E-state index contributed by atoms with van der Waals surface area (Å²) in [5.74, 6) is 0.212. The quantitative estimate of drug-likeness (QED) is 0.586. The molecule has 1 aromatic rings. The van der Waals surface area contributed by atoms with Crippen LogP contribution in [0.1, 0.15) is 18.5 Å². The molecule has 0 aliphatic carbocycles. The second-order valence-electron chi connectivity index (χ2n) is 3.63. The minimum Gasteiger partial charge on any atom is -0.467 e. The van der Waals surface area contributed by atoms with Gasteiger partial charge in [0.15, 0.2) is 6.79 Å². The van der Waals surface area contributed by atoms with Gasteiger partial charge < -0.3 is 19.9 Å². The fraction of sp³-hybridized carbons (Fsp3) is 0.500. The maximum absolute atomic E-state index is 13.0. The van der Waals surface area contributed by atoms with E-state index in [0.717, 1.165) is 0 Å². The van der Waals surface area contributed by atoms with E-state index >= 15 is 0 Å². The van der Waals surface area contributed by atoms with Crippen LogP contribution in [0.25, 0.3) is 0 Å². The summed E-state index contributed by atoms with van der Waals surface area (Å²) in [6.45, 7) is 2.82. The van der Waals surface area contributed by atoms with Gasteiger partial charge in [0.05, 0.1) is 13.2 Å². The zero-order chi connectivity index (χ0) is 12.7. The standard InChI is InChI=1S/C12H18FNO3/c1-9(14)11-7-10(13)3-4-12(11)17-8-16-6-5-15-2/h3-4,7,9H,5-6,8,14H2,1-2H3/t9-/m1/s1. The van der Waals surface area contributed by atoms with Gasteiger partial charge in [-0.25, -0.2) is 4.39 Å². The summed E-state index contributed by atoms with van der Waals surface area (Å²) in [6, 6.07) is 3.96. The highest BCUT2D eigenvalue weighted by Gasteiger charge is 2.09. The summed E-state index contributed by atoms with van der Waals surface area (Å²) in [7, 11) is 1.60. The lowest BCUT2D eigenvalue weighted by Crippen LogP contribution is -2.12. The Bertz CT molecular complexity index is 345. The number of halogens is 1. The first-order chi connectivity index (χ1) is 8.15. The van der Waals surface area contributed by atoms with Crippen molar-refractivity contribution in [1.82, 2.24) is 0 Å². The van der Waals surface area contributed by atoms with Crippen LogP contribution in [0.2, 0.25) is 0 Å². The van der Waals surface area contributed by atoms with E-state index in [4.69, 9.17) is 19.9 Å². The Morgan fingerprint density at radius 1 is 1.35 bits per heavy atom. The molecule has 0 aliphatic rings. The molecule has 1 atom stereocenters. The Labute approximate surface area is 100 Å². The van der Waals surface area contributed by atoms with E-state index in [-0.39, 0.29) is 18.7 Å². The molecule has 0 aliphatic heterocycles. The van der Waals surface area contributed by atoms with Crippen molar-refractivity contribution in [2.75, 3.05) is 27.1 Å². The monoisotopic (exact) mass is 243 g/mol. The number of hydrogen-bond acceptors (Lipinski definition) is 4. The summed E-state index contributed by atoms with van der Waals surface area (Å²) in [6.07, 6.45) is 0. The minimum absolute atomic E-state index is 0.0920. The van der Waals surface area contributed by atoms with Gasteiger partial charge in [-0.2, -0.15) is 0 Å². The van der Waals surface area contributed by atoms with Crippen LogP contribution in [0.5, 0.6) is 5.75 Å². The summed E-state index contributed by atoms with van der Waals surface area (Å²) in [5, 5.41) is 0. The summed E-state index contributed by atoms with van der Waals surface area (Å²) in [4.78, 5) is 0. The molecule has 0 saturated heterocycles. The molecule has 17 heavy (non-hydrogen) atoms. The third-order valence-corrected chi connectivity index (χ3v) is 2.19. The highest BCUT2D eigenvalue weighted by molar-refractivity contribution is 5.35. The molecule has 0 aromatic heterocycles. The number of hydrogen-bond donors (Lipinski definition) is 1. The Hall–Kier alpha value is -1.17. The van der Waals surface area contributed by atoms with Crippen LogP contribution in [-0.2, 0) is 9.47 Å². The molecule has 0 unspecified atom stereocenters. The largest absolute Gasteiger partial charge is 0.467 e. The third kappa shape index (κ3) is 4.68. The van der Waals surface area contributed by atoms with Crippen LogP contribution in [-0.4, -0.2) is 27.1 Å². The van der Waals surface area contributed by atoms with Crippen molar-refractivity contribution in [3.05, 3.63) is 29.6 Å². The van der Waals surface area contributed by atoms with Gasteiger partial charge in [-0.05, 0) is 25.1 Å². The molecule has 0 radical (unpaired) electrons. The SMILES string of the molecule is COCCOCOc1ccc(F)cc1[C@@H](C)N. The lowest BCUT2D eigenvalue weighted by molar-refractivity contribution is -0.00900. The molecule has 5 heteroatoms. The second kappa shape index (κ2) is 7.21. The van der Waals surface area contributed by atoms with Crippen molar-refractivity contribution in [3.8, 4) is 5.75 Å². The predicted molar refractivity (Wildman–Crippen MR) is 62.3 cm³/mol. The smallest absolute Gasteiger partial charge is 0.189 e. The van der Waals surface area contributed by atoms with Crippen molar-refractivity contribution in [3.63, 3.8) is 0 Å². The van der Waals surface area contributed by atoms with E-state index < -0.39 is 0 Å². The molecule has 0 saturated carbocycles. The van der Waals surface area contributed by atoms with Crippen molar-refractivity contribution in [1.29, 1.82) is 0 Å². The average Bonchev–Trinajstić information content (AvgIpc) is 2.30. The molecule has 1 rings (SSSR count). The number of methoxy groups -OCH3 is 1. The first kappa shape index (κ1) is 13.9. The molecule has 0 spiro atoms. The average molecular weight is 243 g/mol. The Morgan fingerprint density at radius 3 is 2.76 bits per heavy atom. The number of benzene rings is 1. The van der Waals surface area contributed by atoms with Crippen molar-refractivity contribution >= 4 is 0 Å². The number of rotatable bonds is 7. The Balaban J connectivity index is 2.52. The van der Waals surface area contributed by atoms with Gasteiger partial charge in [0, 0.05) is 18.7 Å². The van der Waals surface area contributed by atoms with Crippen molar-refractivity contribution in [2.24, 2.45) is 5.73 Å². The maximum Gasteiger partial charge on any atom is 0.189 e. The molecule has 4 nitrogen and oxygen atoms in total. The third-order valence-electron chi connectivity index (χ3n) is 2.19. The zero-order valence-corrected chi connectivity index (χ0v) is 10.1. The van der Waals surface area contributed by atoms with Crippen LogP contribution >= 0.6 is 0 Å². The molecular formula is C12H18FNO3. The molecule has 1 aromatic carbocycles. The van der Waals surface area contributed by atoms with Gasteiger partial charge in [0.2, 0.25) is 0 Å².